The van der Waals surface area contributed by atoms with Crippen molar-refractivity contribution >= 4 is 7.37 Å². The van der Waals surface area contributed by atoms with Crippen LogP contribution in [-0.4, -0.2) is 46.8 Å². The predicted molar refractivity (Wildman–Crippen MR) is 159 cm³/mol. The van der Waals surface area contributed by atoms with Gasteiger partial charge in [-0.15, -0.1) is 0 Å². The molecule has 0 saturated heterocycles. The van der Waals surface area contributed by atoms with Gasteiger partial charge in [0, 0.05) is 43.1 Å². The van der Waals surface area contributed by atoms with Crippen molar-refractivity contribution in [3.63, 3.8) is 0 Å². The third-order valence-electron chi connectivity index (χ3n) is 7.64. The van der Waals surface area contributed by atoms with Crippen LogP contribution in [0.25, 0.3) is 11.1 Å². The first-order valence-electron chi connectivity index (χ1n) is 14.0. The monoisotopic (exact) mass is 568 g/mol. The van der Waals surface area contributed by atoms with Crippen LogP contribution in [0.4, 0.5) is 4.39 Å². The number of rotatable bonds is 13. The van der Waals surface area contributed by atoms with Crippen molar-refractivity contribution in [2.24, 2.45) is 5.92 Å². The summed E-state index contributed by atoms with van der Waals surface area (Å²) in [5.41, 5.74) is 4.34. The second-order valence-electron chi connectivity index (χ2n) is 11.6. The Hall–Kier alpha value is -2.73. The standard InChI is InChI=1S/C32H42FN2O4P/c1-21(2)35(22(3)4)18-27-14-25(29-16-32(38-5)34-17-31(29)33)12-13-26(27)19-39-28-9-7-8-24(15-28)30(23-10-11-23)20-40(6,36)37/h7-9,12-17,21-23,30H,10-11,18-20H2,1-6H3,(H,36,37). The summed E-state index contributed by atoms with van der Waals surface area (Å²) >= 11 is 0. The van der Waals surface area contributed by atoms with Crippen LogP contribution in [0.5, 0.6) is 11.6 Å². The zero-order chi connectivity index (χ0) is 29.0. The zero-order valence-corrected chi connectivity index (χ0v) is 25.3. The fourth-order valence-corrected chi connectivity index (χ4v) is 6.62. The molecule has 0 bridgehead atoms. The maximum Gasteiger partial charge on any atom is 0.213 e. The molecule has 1 N–H and O–H groups in total. The number of methoxy groups -OCH3 is 1. The fraction of sp³-hybridized carbons (Fsp3) is 0.469. The van der Waals surface area contributed by atoms with Crippen molar-refractivity contribution in [2.75, 3.05) is 19.9 Å². The van der Waals surface area contributed by atoms with Gasteiger partial charge < -0.3 is 14.4 Å². The van der Waals surface area contributed by atoms with E-state index in [9.17, 15) is 13.8 Å². The van der Waals surface area contributed by atoms with Crippen LogP contribution >= 0.6 is 7.37 Å². The Labute approximate surface area is 238 Å². The van der Waals surface area contributed by atoms with E-state index in [0.717, 1.165) is 40.8 Å². The lowest BCUT2D eigenvalue weighted by atomic mass is 9.96. The van der Waals surface area contributed by atoms with Crippen molar-refractivity contribution in [3.8, 4) is 22.8 Å². The minimum absolute atomic E-state index is 0.0668. The van der Waals surface area contributed by atoms with Gasteiger partial charge in [0.2, 0.25) is 5.88 Å². The minimum Gasteiger partial charge on any atom is -0.489 e. The van der Waals surface area contributed by atoms with E-state index in [2.05, 4.69) is 37.6 Å². The molecule has 1 heterocycles. The molecule has 0 spiro atoms. The Morgan fingerprint density at radius 1 is 1.07 bits per heavy atom. The van der Waals surface area contributed by atoms with Crippen molar-refractivity contribution in [1.82, 2.24) is 9.88 Å². The molecule has 2 atom stereocenters. The van der Waals surface area contributed by atoms with Gasteiger partial charge in [0.1, 0.15) is 18.2 Å². The highest BCUT2D eigenvalue weighted by Gasteiger charge is 2.35. The van der Waals surface area contributed by atoms with Crippen LogP contribution in [-0.2, 0) is 17.7 Å². The van der Waals surface area contributed by atoms with E-state index in [1.807, 2.05) is 42.5 Å². The van der Waals surface area contributed by atoms with Crippen LogP contribution in [0.15, 0.2) is 54.7 Å². The average Bonchev–Trinajstić information content (AvgIpc) is 3.74. The molecule has 2 unspecified atom stereocenters. The lowest BCUT2D eigenvalue weighted by Crippen LogP contribution is -2.36. The first kappa shape index (κ1) is 30.2. The fourth-order valence-electron chi connectivity index (χ4n) is 5.38. The summed E-state index contributed by atoms with van der Waals surface area (Å²) in [5, 5.41) is 0. The molecule has 40 heavy (non-hydrogen) atoms. The highest BCUT2D eigenvalue weighted by Crippen LogP contribution is 2.50. The molecule has 1 aliphatic carbocycles. The van der Waals surface area contributed by atoms with E-state index in [-0.39, 0.29) is 5.92 Å². The molecular weight excluding hydrogens is 526 g/mol. The van der Waals surface area contributed by atoms with Crippen LogP contribution in [0.3, 0.4) is 0 Å². The molecule has 0 aliphatic heterocycles. The zero-order valence-electron chi connectivity index (χ0n) is 24.4. The topological polar surface area (TPSA) is 71.9 Å². The second kappa shape index (κ2) is 12.8. The summed E-state index contributed by atoms with van der Waals surface area (Å²) in [6.07, 6.45) is 3.67. The molecule has 8 heteroatoms. The second-order valence-corrected chi connectivity index (χ2v) is 14.1. The highest BCUT2D eigenvalue weighted by atomic mass is 31.2. The lowest BCUT2D eigenvalue weighted by Gasteiger charge is -2.31. The molecule has 0 radical (unpaired) electrons. The van der Waals surface area contributed by atoms with Gasteiger partial charge in [-0.3, -0.25) is 9.46 Å². The van der Waals surface area contributed by atoms with E-state index >= 15 is 0 Å². The smallest absolute Gasteiger partial charge is 0.213 e. The summed E-state index contributed by atoms with van der Waals surface area (Å²) < 4.78 is 38.6. The molecule has 6 nitrogen and oxygen atoms in total. The molecule has 2 aromatic carbocycles. The molecule has 1 aromatic heterocycles. The molecule has 3 aromatic rings. The predicted octanol–water partition coefficient (Wildman–Crippen LogP) is 7.49. The number of aromatic nitrogens is 1. The van der Waals surface area contributed by atoms with Gasteiger partial charge in [-0.05, 0) is 92.8 Å². The summed E-state index contributed by atoms with van der Waals surface area (Å²) in [6, 6.07) is 16.2. The van der Waals surface area contributed by atoms with Gasteiger partial charge in [-0.25, -0.2) is 9.37 Å². The maximum absolute atomic E-state index is 14.8. The first-order valence-corrected chi connectivity index (χ1v) is 16.3. The van der Waals surface area contributed by atoms with Crippen molar-refractivity contribution in [2.45, 2.75) is 71.7 Å². The lowest BCUT2D eigenvalue weighted by molar-refractivity contribution is 0.164. The van der Waals surface area contributed by atoms with Crippen LogP contribution in [0, 0.1) is 11.7 Å². The number of benzene rings is 2. The Morgan fingerprint density at radius 2 is 1.80 bits per heavy atom. The van der Waals surface area contributed by atoms with E-state index in [1.54, 1.807) is 6.07 Å². The number of pyridine rings is 1. The third kappa shape index (κ3) is 7.93. The van der Waals surface area contributed by atoms with E-state index in [1.165, 1.54) is 20.0 Å². The summed E-state index contributed by atoms with van der Waals surface area (Å²) in [7, 11) is -1.62. The molecule has 1 fully saturated rings. The van der Waals surface area contributed by atoms with Crippen molar-refractivity contribution in [1.29, 1.82) is 0 Å². The van der Waals surface area contributed by atoms with Gasteiger partial charge in [0.05, 0.1) is 13.3 Å². The van der Waals surface area contributed by atoms with E-state index in [0.29, 0.717) is 48.8 Å². The quantitative estimate of drug-likeness (QED) is 0.216. The largest absolute Gasteiger partial charge is 0.489 e. The Bertz CT molecular complexity index is 1340. The SMILES string of the molecule is COc1cc(-c2ccc(COc3cccc(C(CP(C)(=O)O)C4CC4)c3)c(CN(C(C)C)C(C)C)c2)c(F)cn1. The normalized spacial score (nSPS) is 15.9. The highest BCUT2D eigenvalue weighted by molar-refractivity contribution is 7.57. The molecule has 1 aliphatic rings. The van der Waals surface area contributed by atoms with E-state index in [4.69, 9.17) is 9.47 Å². The van der Waals surface area contributed by atoms with Gasteiger partial charge in [-0.2, -0.15) is 0 Å². The molecule has 4 rings (SSSR count). The van der Waals surface area contributed by atoms with Crippen LogP contribution in [0.1, 0.15) is 63.1 Å². The summed E-state index contributed by atoms with van der Waals surface area (Å²) in [6.45, 7) is 11.2. The van der Waals surface area contributed by atoms with Gasteiger partial charge >= 0.3 is 0 Å². The Balaban J connectivity index is 1.63. The van der Waals surface area contributed by atoms with Gasteiger partial charge in [0.25, 0.3) is 0 Å². The first-order chi connectivity index (χ1) is 18.9. The van der Waals surface area contributed by atoms with E-state index < -0.39 is 13.2 Å². The average molecular weight is 569 g/mol. The Morgan fingerprint density at radius 3 is 2.42 bits per heavy atom. The van der Waals surface area contributed by atoms with Crippen molar-refractivity contribution < 1.29 is 23.3 Å². The summed E-state index contributed by atoms with van der Waals surface area (Å²) in [5.74, 6) is 1.22. The number of halogens is 1. The Kier molecular flexibility index (Phi) is 9.71. The van der Waals surface area contributed by atoms with Gasteiger partial charge in [-0.1, -0.05) is 24.3 Å². The maximum atomic E-state index is 14.8. The van der Waals surface area contributed by atoms with Crippen LogP contribution in [0.2, 0.25) is 0 Å². The number of hydrogen-bond acceptors (Lipinski definition) is 5. The number of hydrogen-bond donors (Lipinski definition) is 1. The molecule has 1 saturated carbocycles. The number of nitrogens with zero attached hydrogens (tertiary/aromatic N) is 2. The minimum atomic E-state index is -3.14. The van der Waals surface area contributed by atoms with Crippen molar-refractivity contribution in [3.05, 3.63) is 77.2 Å². The summed E-state index contributed by atoms with van der Waals surface area (Å²) in [4.78, 5) is 16.4. The molecular formula is C32H42FN2O4P. The third-order valence-corrected chi connectivity index (χ3v) is 8.71. The van der Waals surface area contributed by atoms with Crippen LogP contribution < -0.4 is 9.47 Å². The molecule has 0 amide bonds. The van der Waals surface area contributed by atoms with Gasteiger partial charge in [0.15, 0.2) is 7.37 Å². The molecule has 216 valence electrons. The number of ether oxygens (including phenoxy) is 2.